The molecule has 0 aliphatic heterocycles. The third-order valence-corrected chi connectivity index (χ3v) is 3.79. The molecule has 0 radical (unpaired) electrons. The maximum absolute atomic E-state index is 11.8. The Labute approximate surface area is 105 Å². The first-order valence-corrected chi connectivity index (χ1v) is 6.18. The van der Waals surface area contributed by atoms with Gasteiger partial charge in [-0.25, -0.2) is 4.79 Å². The molecule has 96 valence electrons. The molecular formula is C13H17N3O2. The summed E-state index contributed by atoms with van der Waals surface area (Å²) in [5, 5.41) is 8.83. The molecule has 0 bridgehead atoms. The van der Waals surface area contributed by atoms with Crippen LogP contribution in [0, 0.1) is 16.7 Å². The summed E-state index contributed by atoms with van der Waals surface area (Å²) in [6.45, 7) is 4.44. The Balaban J connectivity index is 2.33. The molecule has 1 aliphatic rings. The van der Waals surface area contributed by atoms with E-state index in [1.807, 2.05) is 6.07 Å². The average Bonchev–Trinajstić information content (AvgIpc) is 2.30. The molecule has 1 N–H and O–H groups in total. The molecule has 0 unspecified atom stereocenters. The summed E-state index contributed by atoms with van der Waals surface area (Å²) in [6.07, 6.45) is 5.30. The van der Waals surface area contributed by atoms with E-state index < -0.39 is 11.2 Å². The Morgan fingerprint density at radius 2 is 2.00 bits per heavy atom. The summed E-state index contributed by atoms with van der Waals surface area (Å²) in [5.41, 5.74) is -0.696. The zero-order valence-corrected chi connectivity index (χ0v) is 10.7. The van der Waals surface area contributed by atoms with Gasteiger partial charge in [-0.1, -0.05) is 13.8 Å². The van der Waals surface area contributed by atoms with E-state index in [0.717, 1.165) is 25.7 Å². The molecule has 0 aromatic carbocycles. The van der Waals surface area contributed by atoms with Crippen molar-refractivity contribution in [3.05, 3.63) is 32.6 Å². The van der Waals surface area contributed by atoms with E-state index in [9.17, 15) is 9.59 Å². The highest BCUT2D eigenvalue weighted by Crippen LogP contribution is 2.39. The van der Waals surface area contributed by atoms with Crippen molar-refractivity contribution in [1.82, 2.24) is 9.55 Å². The van der Waals surface area contributed by atoms with Gasteiger partial charge in [0.1, 0.15) is 11.6 Å². The van der Waals surface area contributed by atoms with E-state index in [4.69, 9.17) is 5.26 Å². The summed E-state index contributed by atoms with van der Waals surface area (Å²) in [5.74, 6) is 0. The summed E-state index contributed by atoms with van der Waals surface area (Å²) in [4.78, 5) is 25.3. The van der Waals surface area contributed by atoms with E-state index in [-0.39, 0.29) is 11.6 Å². The Hall–Kier alpha value is -1.83. The standard InChI is InChI=1S/C13H17N3O2/c1-13(2)5-3-10(4-6-13)16-8-9(7-14)11(17)15-12(16)18/h8,10H,3-6H2,1-2H3,(H,15,17,18). The van der Waals surface area contributed by atoms with E-state index in [1.54, 1.807) is 0 Å². The number of nitrogens with one attached hydrogen (secondary N) is 1. The predicted octanol–water partition coefficient (Wildman–Crippen LogP) is 1.55. The van der Waals surface area contributed by atoms with Crippen molar-refractivity contribution in [3.8, 4) is 6.07 Å². The molecule has 1 aliphatic carbocycles. The van der Waals surface area contributed by atoms with Crippen LogP contribution in [0.25, 0.3) is 0 Å². The number of rotatable bonds is 1. The minimum atomic E-state index is -0.602. The van der Waals surface area contributed by atoms with Gasteiger partial charge in [0.2, 0.25) is 0 Å². The van der Waals surface area contributed by atoms with Crippen LogP contribution in [-0.4, -0.2) is 9.55 Å². The van der Waals surface area contributed by atoms with Gasteiger partial charge in [-0.15, -0.1) is 0 Å². The highest BCUT2D eigenvalue weighted by molar-refractivity contribution is 5.21. The Kier molecular flexibility index (Phi) is 3.12. The fourth-order valence-corrected chi connectivity index (χ4v) is 2.50. The second kappa shape index (κ2) is 4.45. The van der Waals surface area contributed by atoms with Crippen LogP contribution in [0.15, 0.2) is 15.8 Å². The lowest BCUT2D eigenvalue weighted by atomic mass is 9.75. The van der Waals surface area contributed by atoms with Crippen molar-refractivity contribution in [2.45, 2.75) is 45.6 Å². The van der Waals surface area contributed by atoms with Crippen LogP contribution in [0.1, 0.15) is 51.1 Å². The fourth-order valence-electron chi connectivity index (χ4n) is 2.50. The number of hydrogen-bond donors (Lipinski definition) is 1. The first-order chi connectivity index (χ1) is 8.43. The largest absolute Gasteiger partial charge is 0.328 e. The van der Waals surface area contributed by atoms with Gasteiger partial charge in [-0.3, -0.25) is 14.3 Å². The molecule has 1 aromatic rings. The Morgan fingerprint density at radius 3 is 2.56 bits per heavy atom. The molecule has 2 rings (SSSR count). The Bertz CT molecular complexity index is 594. The zero-order chi connectivity index (χ0) is 13.3. The minimum Gasteiger partial charge on any atom is -0.296 e. The molecule has 0 atom stereocenters. The molecule has 1 saturated carbocycles. The molecule has 5 heteroatoms. The topological polar surface area (TPSA) is 78.7 Å². The summed E-state index contributed by atoms with van der Waals surface area (Å²) in [6, 6.07) is 1.91. The zero-order valence-electron chi connectivity index (χ0n) is 10.7. The number of H-pyrrole nitrogens is 1. The molecule has 5 nitrogen and oxygen atoms in total. The smallest absolute Gasteiger partial charge is 0.296 e. The minimum absolute atomic E-state index is 0.000524. The molecule has 1 aromatic heterocycles. The van der Waals surface area contributed by atoms with Gasteiger partial charge in [0.05, 0.1) is 0 Å². The van der Waals surface area contributed by atoms with E-state index >= 15 is 0 Å². The van der Waals surface area contributed by atoms with Gasteiger partial charge in [0.25, 0.3) is 5.56 Å². The molecule has 0 saturated heterocycles. The van der Waals surface area contributed by atoms with E-state index in [1.165, 1.54) is 10.8 Å². The maximum Gasteiger partial charge on any atom is 0.328 e. The lowest BCUT2D eigenvalue weighted by Gasteiger charge is -2.34. The number of nitrogens with zero attached hydrogens (tertiary/aromatic N) is 2. The Morgan fingerprint density at radius 1 is 1.39 bits per heavy atom. The molecule has 18 heavy (non-hydrogen) atoms. The van der Waals surface area contributed by atoms with Gasteiger partial charge >= 0.3 is 5.69 Å². The normalized spacial score (nSPS) is 19.4. The second-order valence-electron chi connectivity index (χ2n) is 5.72. The van der Waals surface area contributed by atoms with Crippen molar-refractivity contribution in [3.63, 3.8) is 0 Å². The fraction of sp³-hybridized carbons (Fsp3) is 0.615. The van der Waals surface area contributed by atoms with Crippen LogP contribution in [0.4, 0.5) is 0 Å². The van der Waals surface area contributed by atoms with Crippen molar-refractivity contribution < 1.29 is 0 Å². The van der Waals surface area contributed by atoms with Gasteiger partial charge in [0, 0.05) is 12.2 Å². The van der Waals surface area contributed by atoms with Gasteiger partial charge < -0.3 is 0 Å². The van der Waals surface area contributed by atoms with Crippen LogP contribution in [-0.2, 0) is 0 Å². The summed E-state index contributed by atoms with van der Waals surface area (Å²) < 4.78 is 1.51. The van der Waals surface area contributed by atoms with Gasteiger partial charge in [-0.05, 0) is 31.1 Å². The van der Waals surface area contributed by atoms with Crippen LogP contribution in [0.3, 0.4) is 0 Å². The SMILES string of the molecule is CC1(C)CCC(n2cc(C#N)c(=O)[nH]c2=O)CC1. The number of hydrogen-bond acceptors (Lipinski definition) is 3. The van der Waals surface area contributed by atoms with Gasteiger partial charge in [-0.2, -0.15) is 5.26 Å². The van der Waals surface area contributed by atoms with Crippen molar-refractivity contribution >= 4 is 0 Å². The summed E-state index contributed by atoms with van der Waals surface area (Å²) in [7, 11) is 0. The number of aromatic nitrogens is 2. The van der Waals surface area contributed by atoms with Gasteiger partial charge in [0.15, 0.2) is 0 Å². The monoisotopic (exact) mass is 247 g/mol. The average molecular weight is 247 g/mol. The number of nitriles is 1. The molecule has 1 heterocycles. The van der Waals surface area contributed by atoms with Crippen molar-refractivity contribution in [2.24, 2.45) is 5.41 Å². The van der Waals surface area contributed by atoms with E-state index in [0.29, 0.717) is 5.41 Å². The molecular weight excluding hydrogens is 230 g/mol. The van der Waals surface area contributed by atoms with Crippen LogP contribution in [0.2, 0.25) is 0 Å². The van der Waals surface area contributed by atoms with Crippen LogP contribution >= 0.6 is 0 Å². The second-order valence-corrected chi connectivity index (χ2v) is 5.72. The molecule has 0 spiro atoms. The van der Waals surface area contributed by atoms with Crippen molar-refractivity contribution in [1.29, 1.82) is 5.26 Å². The third-order valence-electron chi connectivity index (χ3n) is 3.79. The van der Waals surface area contributed by atoms with E-state index in [2.05, 4.69) is 18.8 Å². The van der Waals surface area contributed by atoms with Crippen LogP contribution < -0.4 is 11.2 Å². The third kappa shape index (κ3) is 2.37. The number of aromatic amines is 1. The highest BCUT2D eigenvalue weighted by atomic mass is 16.2. The summed E-state index contributed by atoms with van der Waals surface area (Å²) >= 11 is 0. The van der Waals surface area contributed by atoms with Crippen LogP contribution in [0.5, 0.6) is 0 Å². The lowest BCUT2D eigenvalue weighted by Crippen LogP contribution is -2.35. The quantitative estimate of drug-likeness (QED) is 0.817. The molecule has 1 fully saturated rings. The first-order valence-electron chi connectivity index (χ1n) is 6.18. The molecule has 0 amide bonds. The predicted molar refractivity (Wildman–Crippen MR) is 67.3 cm³/mol. The maximum atomic E-state index is 11.8. The first kappa shape index (κ1) is 12.6. The lowest BCUT2D eigenvalue weighted by molar-refractivity contribution is 0.190. The highest BCUT2D eigenvalue weighted by Gasteiger charge is 2.28. The van der Waals surface area contributed by atoms with Crippen molar-refractivity contribution in [2.75, 3.05) is 0 Å².